The minimum atomic E-state index is 0.947. The molecule has 0 saturated carbocycles. The maximum absolute atomic E-state index is 4.72. The molecule has 2 heterocycles. The lowest BCUT2D eigenvalue weighted by Gasteiger charge is -2.11. The highest BCUT2D eigenvalue weighted by Crippen LogP contribution is 2.40. The standard InChI is InChI=1S/C40H24N2S/c1-2-7-25(8-3-1)28-14-17-37-35(23-28)36-24-30(15-18-38(36)43-37)27-10-6-9-26(21-27)29-13-16-33-34(22-29)31-11-4-5-12-32(31)39-40(33)42-20-19-41-39/h1-24H. The van der Waals surface area contributed by atoms with Gasteiger partial charge in [0.05, 0.1) is 11.0 Å². The first-order valence-corrected chi connectivity index (χ1v) is 15.3. The van der Waals surface area contributed by atoms with E-state index in [-0.39, 0.29) is 0 Å². The van der Waals surface area contributed by atoms with E-state index in [1.54, 1.807) is 12.4 Å². The van der Waals surface area contributed by atoms with Gasteiger partial charge in [0.15, 0.2) is 0 Å². The second-order valence-corrected chi connectivity index (χ2v) is 12.1. The zero-order chi connectivity index (χ0) is 28.3. The first-order valence-electron chi connectivity index (χ1n) is 14.5. The van der Waals surface area contributed by atoms with Crippen LogP contribution in [0, 0.1) is 0 Å². The molecule has 0 spiro atoms. The van der Waals surface area contributed by atoms with Crippen LogP contribution < -0.4 is 0 Å². The summed E-state index contributed by atoms with van der Waals surface area (Å²) in [7, 11) is 0. The second kappa shape index (κ2) is 9.59. The van der Waals surface area contributed by atoms with Crippen molar-refractivity contribution in [2.45, 2.75) is 0 Å². The number of thiophene rings is 1. The van der Waals surface area contributed by atoms with E-state index in [2.05, 4.69) is 138 Å². The van der Waals surface area contributed by atoms with Crippen molar-refractivity contribution in [3.63, 3.8) is 0 Å². The van der Waals surface area contributed by atoms with E-state index >= 15 is 0 Å². The smallest absolute Gasteiger partial charge is 0.0971 e. The van der Waals surface area contributed by atoms with E-state index in [1.165, 1.54) is 64.3 Å². The Balaban J connectivity index is 1.17. The summed E-state index contributed by atoms with van der Waals surface area (Å²) < 4.78 is 2.64. The van der Waals surface area contributed by atoms with Gasteiger partial charge in [-0.15, -0.1) is 11.3 Å². The molecule has 0 amide bonds. The quantitative estimate of drug-likeness (QED) is 0.199. The number of aromatic nitrogens is 2. The predicted molar refractivity (Wildman–Crippen MR) is 184 cm³/mol. The van der Waals surface area contributed by atoms with Crippen LogP contribution in [-0.2, 0) is 0 Å². The van der Waals surface area contributed by atoms with Gasteiger partial charge in [0.1, 0.15) is 0 Å². The molecule has 0 radical (unpaired) electrons. The van der Waals surface area contributed by atoms with Crippen LogP contribution in [0.25, 0.3) is 86.1 Å². The molecule has 9 rings (SSSR count). The van der Waals surface area contributed by atoms with Gasteiger partial charge in [-0.3, -0.25) is 9.97 Å². The van der Waals surface area contributed by atoms with Crippen LogP contribution in [0.1, 0.15) is 0 Å². The minimum Gasteiger partial charge on any atom is -0.252 e. The molecule has 2 aromatic heterocycles. The van der Waals surface area contributed by atoms with Gasteiger partial charge in [0.25, 0.3) is 0 Å². The third-order valence-corrected chi connectivity index (χ3v) is 9.70. The molecular formula is C40H24N2S. The Morgan fingerprint density at radius 2 is 0.814 bits per heavy atom. The van der Waals surface area contributed by atoms with E-state index < -0.39 is 0 Å². The number of nitrogens with zero attached hydrogens (tertiary/aromatic N) is 2. The molecule has 0 aliphatic rings. The van der Waals surface area contributed by atoms with E-state index in [0.717, 1.165) is 21.8 Å². The summed E-state index contributed by atoms with van der Waals surface area (Å²) in [5, 5.41) is 7.30. The van der Waals surface area contributed by atoms with Crippen LogP contribution in [0.5, 0.6) is 0 Å². The second-order valence-electron chi connectivity index (χ2n) is 11.0. The fourth-order valence-electron chi connectivity index (χ4n) is 6.46. The molecule has 0 bridgehead atoms. The monoisotopic (exact) mass is 564 g/mol. The first kappa shape index (κ1) is 24.2. The van der Waals surface area contributed by atoms with Crippen molar-refractivity contribution in [3.8, 4) is 33.4 Å². The van der Waals surface area contributed by atoms with E-state index in [4.69, 9.17) is 4.98 Å². The highest BCUT2D eigenvalue weighted by molar-refractivity contribution is 7.25. The molecule has 9 aromatic rings. The average molecular weight is 565 g/mol. The normalized spacial score (nSPS) is 11.7. The van der Waals surface area contributed by atoms with Crippen LogP contribution >= 0.6 is 11.3 Å². The molecule has 0 fully saturated rings. The molecule has 0 aliphatic heterocycles. The fraction of sp³-hybridized carbons (Fsp3) is 0. The van der Waals surface area contributed by atoms with Gasteiger partial charge in [-0.25, -0.2) is 0 Å². The Morgan fingerprint density at radius 1 is 0.326 bits per heavy atom. The zero-order valence-electron chi connectivity index (χ0n) is 23.2. The lowest BCUT2D eigenvalue weighted by atomic mass is 9.94. The first-order chi connectivity index (χ1) is 21.3. The molecule has 7 aromatic carbocycles. The molecule has 0 saturated heterocycles. The molecule has 43 heavy (non-hydrogen) atoms. The third kappa shape index (κ3) is 3.93. The molecule has 200 valence electrons. The predicted octanol–water partition coefficient (Wildman–Crippen LogP) is 11.3. The van der Waals surface area contributed by atoms with Gasteiger partial charge in [0.2, 0.25) is 0 Å². The number of hydrogen-bond donors (Lipinski definition) is 0. The number of rotatable bonds is 3. The van der Waals surface area contributed by atoms with E-state index in [1.807, 2.05) is 11.3 Å². The van der Waals surface area contributed by atoms with Gasteiger partial charge in [0, 0.05) is 43.3 Å². The van der Waals surface area contributed by atoms with Gasteiger partial charge >= 0.3 is 0 Å². The number of fused-ring (bicyclic) bond motifs is 9. The highest BCUT2D eigenvalue weighted by atomic mass is 32.1. The maximum atomic E-state index is 4.72. The molecule has 2 nitrogen and oxygen atoms in total. The van der Waals surface area contributed by atoms with Crippen LogP contribution in [-0.4, -0.2) is 9.97 Å². The van der Waals surface area contributed by atoms with Gasteiger partial charge < -0.3 is 0 Å². The van der Waals surface area contributed by atoms with Crippen molar-refractivity contribution in [1.82, 2.24) is 9.97 Å². The molecular weight excluding hydrogens is 541 g/mol. The fourth-order valence-corrected chi connectivity index (χ4v) is 7.52. The molecule has 0 unspecified atom stereocenters. The topological polar surface area (TPSA) is 25.8 Å². The van der Waals surface area contributed by atoms with Crippen LogP contribution in [0.15, 0.2) is 146 Å². The van der Waals surface area contributed by atoms with Crippen molar-refractivity contribution in [2.24, 2.45) is 0 Å². The van der Waals surface area contributed by atoms with Gasteiger partial charge in [-0.05, 0) is 80.6 Å². The average Bonchev–Trinajstić information content (AvgIpc) is 3.46. The SMILES string of the molecule is c1ccc(-c2ccc3sc4ccc(-c5cccc(-c6ccc7c(c6)c6ccccc6c6nccnc76)c5)cc4c3c2)cc1. The van der Waals surface area contributed by atoms with Crippen molar-refractivity contribution < 1.29 is 0 Å². The molecule has 3 heteroatoms. The van der Waals surface area contributed by atoms with Crippen LogP contribution in [0.2, 0.25) is 0 Å². The summed E-state index contributed by atoms with van der Waals surface area (Å²) in [6.45, 7) is 0. The number of benzene rings is 7. The van der Waals surface area contributed by atoms with Crippen molar-refractivity contribution in [2.75, 3.05) is 0 Å². The maximum Gasteiger partial charge on any atom is 0.0971 e. The summed E-state index contributed by atoms with van der Waals surface area (Å²) >= 11 is 1.86. The van der Waals surface area contributed by atoms with Crippen molar-refractivity contribution in [3.05, 3.63) is 146 Å². The van der Waals surface area contributed by atoms with Gasteiger partial charge in [-0.1, -0.05) is 97.1 Å². The largest absolute Gasteiger partial charge is 0.252 e. The minimum absolute atomic E-state index is 0.947. The number of hydrogen-bond acceptors (Lipinski definition) is 3. The van der Waals surface area contributed by atoms with Crippen LogP contribution in [0.4, 0.5) is 0 Å². The summed E-state index contributed by atoms with van der Waals surface area (Å²) in [4.78, 5) is 9.40. The van der Waals surface area contributed by atoms with Crippen molar-refractivity contribution in [1.29, 1.82) is 0 Å². The Kier molecular flexibility index (Phi) is 5.40. The Hall–Kier alpha value is -5.38. The van der Waals surface area contributed by atoms with Crippen molar-refractivity contribution >= 4 is 64.1 Å². The summed E-state index contributed by atoms with van der Waals surface area (Å²) in [6.07, 6.45) is 3.56. The lowest BCUT2D eigenvalue weighted by Crippen LogP contribution is -1.89. The summed E-state index contributed by atoms with van der Waals surface area (Å²) in [6, 6.07) is 48.5. The third-order valence-electron chi connectivity index (χ3n) is 8.55. The molecule has 0 aliphatic carbocycles. The Labute approximate surface area is 252 Å². The van der Waals surface area contributed by atoms with Crippen LogP contribution in [0.3, 0.4) is 0 Å². The Bertz CT molecular complexity index is 2470. The Morgan fingerprint density at radius 3 is 1.49 bits per heavy atom. The summed E-state index contributed by atoms with van der Waals surface area (Å²) in [5.74, 6) is 0. The highest BCUT2D eigenvalue weighted by Gasteiger charge is 2.13. The molecule has 0 atom stereocenters. The van der Waals surface area contributed by atoms with E-state index in [9.17, 15) is 0 Å². The lowest BCUT2D eigenvalue weighted by molar-refractivity contribution is 1.31. The zero-order valence-corrected chi connectivity index (χ0v) is 24.0. The van der Waals surface area contributed by atoms with Gasteiger partial charge in [-0.2, -0.15) is 0 Å². The summed E-state index contributed by atoms with van der Waals surface area (Å²) in [5.41, 5.74) is 9.23. The molecule has 0 N–H and O–H groups in total. The van der Waals surface area contributed by atoms with E-state index in [0.29, 0.717) is 0 Å².